The number of nitrogens with one attached hydrogen (secondary N) is 4. The second-order valence-corrected chi connectivity index (χ2v) is 6.89. The molecule has 0 saturated carbocycles. The number of rotatable bonds is 5. The molecule has 2 fully saturated rings. The number of amides is 4. The Hall–Kier alpha value is -2.12. The Balaban J connectivity index is 0.00000243. The van der Waals surface area contributed by atoms with E-state index >= 15 is 0 Å². The molecule has 2 heterocycles. The van der Waals surface area contributed by atoms with Crippen LogP contribution in [0.4, 0.5) is 10.5 Å². The molecule has 4 amide bonds. The predicted molar refractivity (Wildman–Crippen MR) is 101 cm³/mol. The van der Waals surface area contributed by atoms with Gasteiger partial charge in [0, 0.05) is 12.1 Å². The Bertz CT molecular complexity index is 691. The van der Waals surface area contributed by atoms with Gasteiger partial charge in [-0.1, -0.05) is 12.1 Å². The second-order valence-electron chi connectivity index (χ2n) is 6.89. The summed E-state index contributed by atoms with van der Waals surface area (Å²) in [5, 5.41) is 11.1. The Kier molecular flexibility index (Phi) is 6.61. The molecule has 1 atom stereocenters. The lowest BCUT2D eigenvalue weighted by Gasteiger charge is -2.23. The monoisotopic (exact) mass is 380 g/mol. The molecule has 0 bridgehead atoms. The van der Waals surface area contributed by atoms with E-state index in [2.05, 4.69) is 21.3 Å². The third kappa shape index (κ3) is 4.53. The standard InChI is InChI=1S/C18H24N4O3.ClH/c1-18(16(24)21-17(25)22-18)13-3-2-4-14(11-13)20-15(23)6-5-12-7-9-19-10-8-12;/h2-4,11-12,19H,5-10H2,1H3,(H,20,23)(H2,21,22,24,25);1H. The van der Waals surface area contributed by atoms with Crippen LogP contribution in [0.5, 0.6) is 0 Å². The molecule has 2 aliphatic heterocycles. The quantitative estimate of drug-likeness (QED) is 0.586. The number of hydrogen-bond donors (Lipinski definition) is 4. The molecule has 4 N–H and O–H groups in total. The Labute approximate surface area is 159 Å². The van der Waals surface area contributed by atoms with Crippen LogP contribution in [0.3, 0.4) is 0 Å². The number of hydrogen-bond acceptors (Lipinski definition) is 4. The fourth-order valence-electron chi connectivity index (χ4n) is 3.38. The number of imide groups is 1. The maximum absolute atomic E-state index is 12.2. The average molecular weight is 381 g/mol. The van der Waals surface area contributed by atoms with Crippen molar-refractivity contribution in [2.24, 2.45) is 5.92 Å². The molecule has 3 rings (SSSR count). The van der Waals surface area contributed by atoms with E-state index in [1.54, 1.807) is 31.2 Å². The Morgan fingerprint density at radius 1 is 1.27 bits per heavy atom. The number of benzene rings is 1. The molecule has 26 heavy (non-hydrogen) atoms. The minimum Gasteiger partial charge on any atom is -0.326 e. The van der Waals surface area contributed by atoms with E-state index in [1.165, 1.54) is 0 Å². The first-order chi connectivity index (χ1) is 12.0. The summed E-state index contributed by atoms with van der Waals surface area (Å²) in [7, 11) is 0. The number of piperidine rings is 1. The van der Waals surface area contributed by atoms with Crippen LogP contribution < -0.4 is 21.3 Å². The summed E-state index contributed by atoms with van der Waals surface area (Å²) in [5.74, 6) is 0.183. The van der Waals surface area contributed by atoms with E-state index in [1.807, 2.05) is 0 Å². The molecule has 1 aromatic rings. The first kappa shape index (κ1) is 20.2. The maximum Gasteiger partial charge on any atom is 0.322 e. The van der Waals surface area contributed by atoms with Crippen LogP contribution in [0, 0.1) is 5.92 Å². The highest BCUT2D eigenvalue weighted by Crippen LogP contribution is 2.26. The first-order valence-corrected chi connectivity index (χ1v) is 8.72. The number of carbonyl (C=O) groups is 3. The van der Waals surface area contributed by atoms with Gasteiger partial charge in [0.2, 0.25) is 5.91 Å². The van der Waals surface area contributed by atoms with E-state index < -0.39 is 17.5 Å². The molecule has 0 aliphatic carbocycles. The molecule has 1 unspecified atom stereocenters. The van der Waals surface area contributed by atoms with Crippen molar-refractivity contribution in [1.29, 1.82) is 0 Å². The number of halogens is 1. The molecule has 0 spiro atoms. The molecule has 2 saturated heterocycles. The second kappa shape index (κ2) is 8.51. The highest BCUT2D eigenvalue weighted by atomic mass is 35.5. The van der Waals surface area contributed by atoms with Crippen LogP contribution in [-0.2, 0) is 15.1 Å². The van der Waals surface area contributed by atoms with Crippen molar-refractivity contribution in [2.45, 2.75) is 38.1 Å². The van der Waals surface area contributed by atoms with E-state index in [-0.39, 0.29) is 18.3 Å². The lowest BCUT2D eigenvalue weighted by Crippen LogP contribution is -2.40. The van der Waals surface area contributed by atoms with Crippen molar-refractivity contribution >= 4 is 35.9 Å². The lowest BCUT2D eigenvalue weighted by atomic mass is 9.92. The summed E-state index contributed by atoms with van der Waals surface area (Å²) >= 11 is 0. The minimum atomic E-state index is -1.12. The predicted octanol–water partition coefficient (Wildman–Crippen LogP) is 1.88. The van der Waals surface area contributed by atoms with Crippen LogP contribution in [0.1, 0.15) is 38.2 Å². The van der Waals surface area contributed by atoms with Crippen molar-refractivity contribution in [3.05, 3.63) is 29.8 Å². The van der Waals surface area contributed by atoms with Gasteiger partial charge in [-0.15, -0.1) is 12.4 Å². The number of urea groups is 1. The summed E-state index contributed by atoms with van der Waals surface area (Å²) in [6, 6.07) is 6.53. The summed E-state index contributed by atoms with van der Waals surface area (Å²) in [6.45, 7) is 3.70. The molecule has 1 aromatic carbocycles. The molecule has 0 aromatic heterocycles. The molecule has 0 radical (unpaired) electrons. The van der Waals surface area contributed by atoms with Crippen molar-refractivity contribution in [3.8, 4) is 0 Å². The zero-order valence-corrected chi connectivity index (χ0v) is 15.6. The van der Waals surface area contributed by atoms with Crippen molar-refractivity contribution < 1.29 is 14.4 Å². The van der Waals surface area contributed by atoms with Gasteiger partial charge in [-0.05, 0) is 62.9 Å². The Morgan fingerprint density at radius 3 is 2.65 bits per heavy atom. The van der Waals surface area contributed by atoms with E-state index in [4.69, 9.17) is 0 Å². The van der Waals surface area contributed by atoms with Gasteiger partial charge in [0.15, 0.2) is 0 Å². The van der Waals surface area contributed by atoms with Gasteiger partial charge < -0.3 is 16.0 Å². The van der Waals surface area contributed by atoms with Gasteiger partial charge in [0.05, 0.1) is 0 Å². The molecule has 142 valence electrons. The fourth-order valence-corrected chi connectivity index (χ4v) is 3.38. The van der Waals surface area contributed by atoms with Gasteiger partial charge in [-0.2, -0.15) is 0 Å². The van der Waals surface area contributed by atoms with Crippen LogP contribution >= 0.6 is 12.4 Å². The minimum absolute atomic E-state index is 0. The highest BCUT2D eigenvalue weighted by molar-refractivity contribution is 6.07. The fraction of sp³-hybridized carbons (Fsp3) is 0.500. The summed E-state index contributed by atoms with van der Waals surface area (Å²) < 4.78 is 0. The maximum atomic E-state index is 12.2. The Morgan fingerprint density at radius 2 is 2.00 bits per heavy atom. The van der Waals surface area contributed by atoms with Crippen molar-refractivity contribution in [2.75, 3.05) is 18.4 Å². The molecule has 8 heteroatoms. The van der Waals surface area contributed by atoms with Gasteiger partial charge in [-0.3, -0.25) is 14.9 Å². The molecular weight excluding hydrogens is 356 g/mol. The number of anilines is 1. The summed E-state index contributed by atoms with van der Waals surface area (Å²) in [4.78, 5) is 35.7. The van der Waals surface area contributed by atoms with E-state index in [0.29, 0.717) is 23.6 Å². The van der Waals surface area contributed by atoms with E-state index in [9.17, 15) is 14.4 Å². The zero-order valence-electron chi connectivity index (χ0n) is 14.8. The normalized spacial score (nSPS) is 23.0. The van der Waals surface area contributed by atoms with Crippen LogP contribution in [0.15, 0.2) is 24.3 Å². The van der Waals surface area contributed by atoms with Gasteiger partial charge in [-0.25, -0.2) is 4.79 Å². The van der Waals surface area contributed by atoms with Crippen LogP contribution in [0.25, 0.3) is 0 Å². The topological polar surface area (TPSA) is 99.3 Å². The van der Waals surface area contributed by atoms with E-state index in [0.717, 1.165) is 32.4 Å². The van der Waals surface area contributed by atoms with Crippen molar-refractivity contribution in [3.63, 3.8) is 0 Å². The summed E-state index contributed by atoms with van der Waals surface area (Å²) in [6.07, 6.45) is 3.62. The third-order valence-electron chi connectivity index (χ3n) is 5.01. The largest absolute Gasteiger partial charge is 0.326 e. The molecular formula is C18H25ClN4O3. The summed E-state index contributed by atoms with van der Waals surface area (Å²) in [5.41, 5.74) is 0.141. The van der Waals surface area contributed by atoms with Crippen LogP contribution in [-0.4, -0.2) is 30.9 Å². The zero-order chi connectivity index (χ0) is 17.9. The molecule has 7 nitrogen and oxygen atoms in total. The highest BCUT2D eigenvalue weighted by Gasteiger charge is 2.43. The average Bonchev–Trinajstić information content (AvgIpc) is 2.87. The third-order valence-corrected chi connectivity index (χ3v) is 5.01. The SMILES string of the molecule is CC1(c2cccc(NC(=O)CCC3CCNCC3)c2)NC(=O)NC1=O.Cl. The number of carbonyl (C=O) groups excluding carboxylic acids is 3. The van der Waals surface area contributed by atoms with Gasteiger partial charge in [0.1, 0.15) is 5.54 Å². The first-order valence-electron chi connectivity index (χ1n) is 8.72. The lowest BCUT2D eigenvalue weighted by molar-refractivity contribution is -0.123. The van der Waals surface area contributed by atoms with Crippen LogP contribution in [0.2, 0.25) is 0 Å². The van der Waals surface area contributed by atoms with Crippen molar-refractivity contribution in [1.82, 2.24) is 16.0 Å². The van der Waals surface area contributed by atoms with Gasteiger partial charge in [0.25, 0.3) is 5.91 Å². The van der Waals surface area contributed by atoms with Gasteiger partial charge >= 0.3 is 6.03 Å². The molecule has 2 aliphatic rings. The smallest absolute Gasteiger partial charge is 0.322 e.